The number of aromatic nitrogens is 2. The van der Waals surface area contributed by atoms with Crippen molar-refractivity contribution in [3.63, 3.8) is 0 Å². The van der Waals surface area contributed by atoms with Gasteiger partial charge in [-0.15, -0.1) is 0 Å². The second-order valence-corrected chi connectivity index (χ2v) is 7.40. The van der Waals surface area contributed by atoms with Crippen molar-refractivity contribution in [2.24, 2.45) is 0 Å². The average Bonchev–Trinajstić information content (AvgIpc) is 3.23. The van der Waals surface area contributed by atoms with Gasteiger partial charge >= 0.3 is 0 Å². The minimum atomic E-state index is 0.392. The Morgan fingerprint density at radius 1 is 1.00 bits per heavy atom. The number of benzene rings is 2. The van der Waals surface area contributed by atoms with Crippen LogP contribution in [0.2, 0.25) is 10.0 Å². The van der Waals surface area contributed by atoms with Crippen LogP contribution in [-0.4, -0.2) is 22.7 Å². The third kappa shape index (κ3) is 6.67. The minimum Gasteiger partial charge on any atom is -0.490 e. The Kier molecular flexibility index (Phi) is 8.23. The van der Waals surface area contributed by atoms with Gasteiger partial charge in [-0.2, -0.15) is 0 Å². The number of rotatable bonds is 11. The topological polar surface area (TPSA) is 48.3 Å². The maximum absolute atomic E-state index is 6.07. The number of nitrogens with one attached hydrogen (secondary N) is 1. The van der Waals surface area contributed by atoms with E-state index in [1.54, 1.807) is 12.3 Å². The van der Waals surface area contributed by atoms with Crippen LogP contribution in [0.1, 0.15) is 24.5 Å². The summed E-state index contributed by atoms with van der Waals surface area (Å²) in [7, 11) is 0. The highest BCUT2D eigenvalue weighted by Gasteiger charge is 2.08. The summed E-state index contributed by atoms with van der Waals surface area (Å²) in [4.78, 5) is 4.05. The summed E-state index contributed by atoms with van der Waals surface area (Å²) in [6.07, 6.45) is 6.66. The fourth-order valence-electron chi connectivity index (χ4n) is 2.88. The highest BCUT2D eigenvalue weighted by atomic mass is 35.5. The molecule has 1 N–H and O–H groups in total. The summed E-state index contributed by atoms with van der Waals surface area (Å²) in [5, 5.41) is 4.52. The number of hydrogen-bond acceptors (Lipinski definition) is 4. The van der Waals surface area contributed by atoms with E-state index in [0.717, 1.165) is 42.9 Å². The molecule has 1 heterocycles. The fourth-order valence-corrected chi connectivity index (χ4v) is 3.20. The van der Waals surface area contributed by atoms with Gasteiger partial charge in [0.25, 0.3) is 0 Å². The standard InChI is InChI=1S/C22H25Cl2N3O2/c1-2-28-22-13-17(14-25-8-3-10-27-11-9-26-16-27)5-7-21(22)29-15-18-4-6-19(23)20(24)12-18/h4-7,9,11-13,16,25H,2-3,8,10,14-15H2,1H3. The first kappa shape index (κ1) is 21.5. The average molecular weight is 434 g/mol. The number of nitrogens with zero attached hydrogens (tertiary/aromatic N) is 2. The summed E-state index contributed by atoms with van der Waals surface area (Å²) >= 11 is 12.0. The Morgan fingerprint density at radius 3 is 2.62 bits per heavy atom. The predicted molar refractivity (Wildman–Crippen MR) is 117 cm³/mol. The quantitative estimate of drug-likeness (QED) is 0.414. The summed E-state index contributed by atoms with van der Waals surface area (Å²) in [5.41, 5.74) is 2.10. The molecule has 0 aliphatic heterocycles. The molecule has 0 amide bonds. The van der Waals surface area contributed by atoms with Crippen LogP contribution >= 0.6 is 23.2 Å². The maximum atomic E-state index is 6.07. The van der Waals surface area contributed by atoms with Gasteiger partial charge in [0.2, 0.25) is 0 Å². The molecule has 0 fully saturated rings. The van der Waals surface area contributed by atoms with Crippen LogP contribution in [0.25, 0.3) is 0 Å². The lowest BCUT2D eigenvalue weighted by atomic mass is 10.2. The molecular formula is C22H25Cl2N3O2. The van der Waals surface area contributed by atoms with Crippen LogP contribution in [0.15, 0.2) is 55.1 Å². The summed E-state index contributed by atoms with van der Waals surface area (Å²) in [5.74, 6) is 1.45. The third-order valence-corrected chi connectivity index (χ3v) is 5.08. The lowest BCUT2D eigenvalue weighted by Crippen LogP contribution is -2.16. The highest BCUT2D eigenvalue weighted by molar-refractivity contribution is 6.42. The van der Waals surface area contributed by atoms with E-state index in [4.69, 9.17) is 32.7 Å². The number of halogens is 2. The normalized spacial score (nSPS) is 10.9. The van der Waals surface area contributed by atoms with Crippen LogP contribution in [0, 0.1) is 0 Å². The van der Waals surface area contributed by atoms with E-state index in [0.29, 0.717) is 29.0 Å². The molecule has 0 atom stereocenters. The van der Waals surface area contributed by atoms with Gasteiger partial charge in [0, 0.05) is 25.5 Å². The second kappa shape index (κ2) is 11.1. The van der Waals surface area contributed by atoms with Gasteiger partial charge in [-0.3, -0.25) is 0 Å². The molecule has 0 aliphatic rings. The zero-order chi connectivity index (χ0) is 20.5. The zero-order valence-corrected chi connectivity index (χ0v) is 17.9. The lowest BCUT2D eigenvalue weighted by Gasteiger charge is -2.14. The molecule has 7 heteroatoms. The van der Waals surface area contributed by atoms with Gasteiger partial charge in [0.05, 0.1) is 23.0 Å². The molecule has 154 valence electrons. The second-order valence-electron chi connectivity index (χ2n) is 6.58. The van der Waals surface area contributed by atoms with Crippen molar-refractivity contribution in [2.45, 2.75) is 33.0 Å². The molecule has 29 heavy (non-hydrogen) atoms. The molecular weight excluding hydrogens is 409 g/mol. The van der Waals surface area contributed by atoms with E-state index in [-0.39, 0.29) is 0 Å². The molecule has 0 radical (unpaired) electrons. The zero-order valence-electron chi connectivity index (χ0n) is 16.4. The third-order valence-electron chi connectivity index (χ3n) is 4.34. The number of hydrogen-bond donors (Lipinski definition) is 1. The van der Waals surface area contributed by atoms with Gasteiger partial charge in [-0.1, -0.05) is 35.3 Å². The fraction of sp³-hybridized carbons (Fsp3) is 0.318. The first-order chi connectivity index (χ1) is 14.2. The van der Waals surface area contributed by atoms with Crippen LogP contribution in [-0.2, 0) is 19.7 Å². The molecule has 0 saturated heterocycles. The van der Waals surface area contributed by atoms with Crippen molar-refractivity contribution in [1.29, 1.82) is 0 Å². The van der Waals surface area contributed by atoms with Crippen LogP contribution in [0.5, 0.6) is 11.5 Å². The van der Waals surface area contributed by atoms with Gasteiger partial charge in [-0.05, 0) is 55.3 Å². The Labute approximate surface area is 181 Å². The molecule has 0 aliphatic carbocycles. The van der Waals surface area contributed by atoms with E-state index >= 15 is 0 Å². The number of imidazole rings is 1. The predicted octanol–water partition coefficient (Wildman–Crippen LogP) is 5.35. The summed E-state index contributed by atoms with van der Waals surface area (Å²) < 4.78 is 13.8. The van der Waals surface area contributed by atoms with Gasteiger partial charge in [0.1, 0.15) is 6.61 Å². The highest BCUT2D eigenvalue weighted by Crippen LogP contribution is 2.30. The smallest absolute Gasteiger partial charge is 0.161 e. The summed E-state index contributed by atoms with van der Waals surface area (Å²) in [6, 6.07) is 11.5. The van der Waals surface area contributed by atoms with Crippen molar-refractivity contribution in [3.05, 3.63) is 76.3 Å². The molecule has 2 aromatic carbocycles. The van der Waals surface area contributed by atoms with Crippen LogP contribution in [0.4, 0.5) is 0 Å². The largest absolute Gasteiger partial charge is 0.490 e. The number of ether oxygens (including phenoxy) is 2. The van der Waals surface area contributed by atoms with E-state index in [2.05, 4.69) is 20.9 Å². The molecule has 3 aromatic rings. The molecule has 0 bridgehead atoms. The van der Waals surface area contributed by atoms with Crippen molar-refractivity contribution < 1.29 is 9.47 Å². The van der Waals surface area contributed by atoms with Crippen molar-refractivity contribution in [2.75, 3.05) is 13.2 Å². The van der Waals surface area contributed by atoms with Crippen LogP contribution < -0.4 is 14.8 Å². The first-order valence-corrected chi connectivity index (χ1v) is 10.4. The minimum absolute atomic E-state index is 0.392. The molecule has 0 saturated carbocycles. The van der Waals surface area contributed by atoms with E-state index in [1.807, 2.05) is 43.7 Å². The van der Waals surface area contributed by atoms with E-state index in [1.165, 1.54) is 0 Å². The summed E-state index contributed by atoms with van der Waals surface area (Å²) in [6.45, 7) is 5.59. The molecule has 0 spiro atoms. The van der Waals surface area contributed by atoms with Crippen molar-refractivity contribution in [1.82, 2.24) is 14.9 Å². The van der Waals surface area contributed by atoms with Crippen molar-refractivity contribution >= 4 is 23.2 Å². The van der Waals surface area contributed by atoms with Crippen molar-refractivity contribution in [3.8, 4) is 11.5 Å². The van der Waals surface area contributed by atoms with Crippen LogP contribution in [0.3, 0.4) is 0 Å². The Morgan fingerprint density at radius 2 is 1.86 bits per heavy atom. The first-order valence-electron chi connectivity index (χ1n) is 9.64. The Hall–Kier alpha value is -2.21. The monoisotopic (exact) mass is 433 g/mol. The van der Waals surface area contributed by atoms with Gasteiger partial charge < -0.3 is 19.4 Å². The Balaban J connectivity index is 1.52. The molecule has 1 aromatic heterocycles. The van der Waals surface area contributed by atoms with E-state index < -0.39 is 0 Å². The SMILES string of the molecule is CCOc1cc(CNCCCn2ccnc2)ccc1OCc1ccc(Cl)c(Cl)c1. The van der Waals surface area contributed by atoms with Gasteiger partial charge in [0.15, 0.2) is 11.5 Å². The molecule has 3 rings (SSSR count). The molecule has 5 nitrogen and oxygen atoms in total. The van der Waals surface area contributed by atoms with Gasteiger partial charge in [-0.25, -0.2) is 4.98 Å². The molecule has 0 unspecified atom stereocenters. The lowest BCUT2D eigenvalue weighted by molar-refractivity contribution is 0.269. The maximum Gasteiger partial charge on any atom is 0.161 e. The Bertz CT molecular complexity index is 901. The number of aryl methyl sites for hydroxylation is 1. The van der Waals surface area contributed by atoms with E-state index in [9.17, 15) is 0 Å².